The zero-order chi connectivity index (χ0) is 19.4. The quantitative estimate of drug-likeness (QED) is 0.889. The van der Waals surface area contributed by atoms with E-state index >= 15 is 0 Å². The molecule has 1 aliphatic heterocycles. The molecule has 0 spiro atoms. The Morgan fingerprint density at radius 1 is 1.19 bits per heavy atom. The van der Waals surface area contributed by atoms with Crippen LogP contribution in [0.4, 0.5) is 9.18 Å². The molecular formula is C19H23FN4O3. The van der Waals surface area contributed by atoms with Crippen LogP contribution in [0.1, 0.15) is 27.4 Å². The van der Waals surface area contributed by atoms with Gasteiger partial charge in [-0.1, -0.05) is 11.2 Å². The second kappa shape index (κ2) is 8.20. The highest BCUT2D eigenvalue weighted by Crippen LogP contribution is 2.13. The standard InChI is InChI=1S/C19H23FN4O3/c1-13-17(14(2)27-22-13)6-7-21-19(26)24-10-8-23(9-11-24)18(25)15-4-3-5-16(20)12-15/h3-5,12H,6-11H2,1-2H3,(H,21,26). The summed E-state index contributed by atoms with van der Waals surface area (Å²) in [6, 6.07) is 5.50. The van der Waals surface area contributed by atoms with Crippen LogP contribution in [0.15, 0.2) is 28.8 Å². The second-order valence-electron chi connectivity index (χ2n) is 6.57. The van der Waals surface area contributed by atoms with E-state index in [9.17, 15) is 14.0 Å². The van der Waals surface area contributed by atoms with Crippen molar-refractivity contribution in [3.05, 3.63) is 52.7 Å². The SMILES string of the molecule is Cc1noc(C)c1CCNC(=O)N1CCN(C(=O)c2cccc(F)c2)CC1. The average Bonchev–Trinajstić information content (AvgIpc) is 2.99. The molecule has 3 amide bonds. The predicted octanol–water partition coefficient (Wildman–Crippen LogP) is 2.14. The fourth-order valence-electron chi connectivity index (χ4n) is 3.18. The number of aryl methyl sites for hydroxylation is 2. The highest BCUT2D eigenvalue weighted by molar-refractivity contribution is 5.94. The van der Waals surface area contributed by atoms with E-state index in [-0.39, 0.29) is 11.9 Å². The van der Waals surface area contributed by atoms with E-state index in [2.05, 4.69) is 10.5 Å². The molecule has 0 atom stereocenters. The first-order valence-electron chi connectivity index (χ1n) is 8.95. The van der Waals surface area contributed by atoms with Gasteiger partial charge in [-0.3, -0.25) is 4.79 Å². The number of rotatable bonds is 4. The molecule has 1 N–H and O–H groups in total. The number of nitrogens with one attached hydrogen (secondary N) is 1. The van der Waals surface area contributed by atoms with E-state index in [1.807, 2.05) is 13.8 Å². The van der Waals surface area contributed by atoms with Gasteiger partial charge >= 0.3 is 6.03 Å². The van der Waals surface area contributed by atoms with Crippen molar-refractivity contribution >= 4 is 11.9 Å². The Morgan fingerprint density at radius 3 is 2.52 bits per heavy atom. The third kappa shape index (κ3) is 4.45. The third-order valence-corrected chi connectivity index (χ3v) is 4.76. The summed E-state index contributed by atoms with van der Waals surface area (Å²) in [6.45, 7) is 5.95. The van der Waals surface area contributed by atoms with Crippen molar-refractivity contribution in [2.24, 2.45) is 0 Å². The summed E-state index contributed by atoms with van der Waals surface area (Å²) >= 11 is 0. The number of aromatic nitrogens is 1. The van der Waals surface area contributed by atoms with E-state index in [0.717, 1.165) is 17.0 Å². The topological polar surface area (TPSA) is 78.7 Å². The zero-order valence-electron chi connectivity index (χ0n) is 15.5. The molecule has 1 fully saturated rings. The zero-order valence-corrected chi connectivity index (χ0v) is 15.5. The molecule has 3 rings (SSSR count). The Hall–Kier alpha value is -2.90. The minimum absolute atomic E-state index is 0.153. The summed E-state index contributed by atoms with van der Waals surface area (Å²) in [5.74, 6) is 0.122. The lowest BCUT2D eigenvalue weighted by Crippen LogP contribution is -2.53. The van der Waals surface area contributed by atoms with E-state index < -0.39 is 5.82 Å². The van der Waals surface area contributed by atoms with E-state index in [4.69, 9.17) is 4.52 Å². The van der Waals surface area contributed by atoms with Gasteiger partial charge in [-0.25, -0.2) is 9.18 Å². The van der Waals surface area contributed by atoms with Crippen LogP contribution in [-0.2, 0) is 6.42 Å². The molecule has 1 aromatic heterocycles. The van der Waals surface area contributed by atoms with E-state index in [1.165, 1.54) is 18.2 Å². The van der Waals surface area contributed by atoms with Crippen molar-refractivity contribution in [1.29, 1.82) is 0 Å². The van der Waals surface area contributed by atoms with Gasteiger partial charge in [0.2, 0.25) is 0 Å². The summed E-state index contributed by atoms with van der Waals surface area (Å²) in [6.07, 6.45) is 0.658. The molecule has 144 valence electrons. The maximum atomic E-state index is 13.3. The maximum absolute atomic E-state index is 13.3. The number of nitrogens with zero attached hydrogens (tertiary/aromatic N) is 3. The number of hydrogen-bond acceptors (Lipinski definition) is 4. The first-order valence-corrected chi connectivity index (χ1v) is 8.95. The van der Waals surface area contributed by atoms with Crippen LogP contribution in [0, 0.1) is 19.7 Å². The first kappa shape index (κ1) is 18.9. The van der Waals surface area contributed by atoms with Gasteiger partial charge in [0, 0.05) is 43.9 Å². The molecule has 7 nitrogen and oxygen atoms in total. The number of halogens is 1. The lowest BCUT2D eigenvalue weighted by Gasteiger charge is -2.34. The highest BCUT2D eigenvalue weighted by Gasteiger charge is 2.25. The largest absolute Gasteiger partial charge is 0.361 e. The van der Waals surface area contributed by atoms with Crippen LogP contribution in [0.25, 0.3) is 0 Å². The molecule has 8 heteroatoms. The fraction of sp³-hybridized carbons (Fsp3) is 0.421. The number of piperazine rings is 1. The third-order valence-electron chi connectivity index (χ3n) is 4.76. The first-order chi connectivity index (χ1) is 13.0. The van der Waals surface area contributed by atoms with Gasteiger partial charge in [0.05, 0.1) is 5.69 Å². The Morgan fingerprint density at radius 2 is 1.89 bits per heavy atom. The summed E-state index contributed by atoms with van der Waals surface area (Å²) < 4.78 is 18.4. The predicted molar refractivity (Wildman–Crippen MR) is 97.0 cm³/mol. The van der Waals surface area contributed by atoms with Gasteiger partial charge in [0.15, 0.2) is 0 Å². The van der Waals surface area contributed by atoms with Crippen LogP contribution < -0.4 is 5.32 Å². The molecule has 2 aromatic rings. The molecule has 1 aromatic carbocycles. The Bertz CT molecular complexity index is 809. The highest BCUT2D eigenvalue weighted by atomic mass is 19.1. The number of amides is 3. The minimum atomic E-state index is -0.433. The molecule has 1 aliphatic rings. The van der Waals surface area contributed by atoms with E-state index in [0.29, 0.717) is 44.7 Å². The molecule has 0 radical (unpaired) electrons. The van der Waals surface area contributed by atoms with Crippen molar-refractivity contribution < 1.29 is 18.5 Å². The number of carbonyl (C=O) groups excluding carboxylic acids is 2. The smallest absolute Gasteiger partial charge is 0.317 e. The van der Waals surface area contributed by atoms with Crippen molar-refractivity contribution in [1.82, 2.24) is 20.3 Å². The number of hydrogen-bond donors (Lipinski definition) is 1. The number of urea groups is 1. The van der Waals surface area contributed by atoms with Gasteiger partial charge in [-0.2, -0.15) is 0 Å². The molecule has 0 bridgehead atoms. The van der Waals surface area contributed by atoms with Gasteiger partial charge in [0.1, 0.15) is 11.6 Å². The molecule has 27 heavy (non-hydrogen) atoms. The lowest BCUT2D eigenvalue weighted by molar-refractivity contribution is 0.0664. The second-order valence-corrected chi connectivity index (χ2v) is 6.57. The van der Waals surface area contributed by atoms with Crippen molar-refractivity contribution in [3.8, 4) is 0 Å². The van der Waals surface area contributed by atoms with Crippen molar-refractivity contribution in [2.75, 3.05) is 32.7 Å². The Balaban J connectivity index is 1.46. The molecule has 2 heterocycles. The Kier molecular flexibility index (Phi) is 5.73. The van der Waals surface area contributed by atoms with E-state index in [1.54, 1.807) is 15.9 Å². The van der Waals surface area contributed by atoms with Crippen molar-refractivity contribution in [3.63, 3.8) is 0 Å². The van der Waals surface area contributed by atoms with Crippen LogP contribution in [0.2, 0.25) is 0 Å². The normalized spacial score (nSPS) is 14.3. The monoisotopic (exact) mass is 374 g/mol. The Labute approximate surface area is 157 Å². The molecular weight excluding hydrogens is 351 g/mol. The summed E-state index contributed by atoms with van der Waals surface area (Å²) in [7, 11) is 0. The molecule has 0 unspecified atom stereocenters. The summed E-state index contributed by atoms with van der Waals surface area (Å²) in [5.41, 5.74) is 2.18. The summed E-state index contributed by atoms with van der Waals surface area (Å²) in [4.78, 5) is 28.1. The van der Waals surface area contributed by atoms with Crippen LogP contribution >= 0.6 is 0 Å². The van der Waals surface area contributed by atoms with Gasteiger partial charge in [0.25, 0.3) is 5.91 Å². The van der Waals surface area contributed by atoms with Crippen LogP contribution in [0.3, 0.4) is 0 Å². The van der Waals surface area contributed by atoms with Crippen molar-refractivity contribution in [2.45, 2.75) is 20.3 Å². The van der Waals surface area contributed by atoms with Gasteiger partial charge in [-0.05, 0) is 38.5 Å². The molecule has 0 saturated carbocycles. The van der Waals surface area contributed by atoms with Gasteiger partial charge < -0.3 is 19.6 Å². The molecule has 1 saturated heterocycles. The van der Waals surface area contributed by atoms with Crippen LogP contribution in [0.5, 0.6) is 0 Å². The molecule has 0 aliphatic carbocycles. The fourth-order valence-corrected chi connectivity index (χ4v) is 3.18. The summed E-state index contributed by atoms with van der Waals surface area (Å²) in [5, 5.41) is 6.79. The number of benzene rings is 1. The number of carbonyl (C=O) groups is 2. The van der Waals surface area contributed by atoms with Crippen LogP contribution in [-0.4, -0.2) is 59.6 Å². The lowest BCUT2D eigenvalue weighted by atomic mass is 10.1. The average molecular weight is 374 g/mol. The minimum Gasteiger partial charge on any atom is -0.361 e. The maximum Gasteiger partial charge on any atom is 0.317 e. The van der Waals surface area contributed by atoms with Gasteiger partial charge in [-0.15, -0.1) is 0 Å².